The van der Waals surface area contributed by atoms with Gasteiger partial charge >= 0.3 is 6.03 Å². The van der Waals surface area contributed by atoms with Gasteiger partial charge in [0.05, 0.1) is 0 Å². The van der Waals surface area contributed by atoms with Crippen molar-refractivity contribution in [2.45, 2.75) is 31.8 Å². The summed E-state index contributed by atoms with van der Waals surface area (Å²) >= 11 is 0. The van der Waals surface area contributed by atoms with E-state index in [1.54, 1.807) is 0 Å². The van der Waals surface area contributed by atoms with Gasteiger partial charge in [-0.2, -0.15) is 4.98 Å². The summed E-state index contributed by atoms with van der Waals surface area (Å²) in [5, 5.41) is 7.14. The molecule has 30 heavy (non-hydrogen) atoms. The van der Waals surface area contributed by atoms with Crippen molar-refractivity contribution in [1.82, 2.24) is 20.4 Å². The number of hydrogen-bond donors (Lipinski definition) is 1. The fraction of sp³-hybridized carbons (Fsp3) is 0.348. The van der Waals surface area contributed by atoms with Crippen molar-refractivity contribution >= 4 is 6.03 Å². The van der Waals surface area contributed by atoms with Gasteiger partial charge < -0.3 is 19.5 Å². The van der Waals surface area contributed by atoms with E-state index in [-0.39, 0.29) is 18.6 Å². The summed E-state index contributed by atoms with van der Waals surface area (Å²) in [5.41, 5.74) is 1.21. The van der Waals surface area contributed by atoms with Crippen molar-refractivity contribution in [1.29, 1.82) is 0 Å². The number of hydrogen-bond acceptors (Lipinski definition) is 5. The molecule has 1 N–H and O–H groups in total. The third-order valence-corrected chi connectivity index (χ3v) is 5.20. The maximum Gasteiger partial charge on any atom is 0.317 e. The Bertz CT molecular complexity index is 930. The number of amides is 2. The van der Waals surface area contributed by atoms with Crippen LogP contribution in [-0.2, 0) is 13.0 Å². The minimum atomic E-state index is -0.0354. The van der Waals surface area contributed by atoms with Gasteiger partial charge in [0.1, 0.15) is 5.75 Å². The molecule has 2 heterocycles. The van der Waals surface area contributed by atoms with Crippen LogP contribution in [0.4, 0.5) is 4.79 Å². The standard InChI is InChI=1S/C23H26N4O3/c28-23(24-14-13-18-8-3-1-4-9-18)27-15-7-10-19(16-27)22-25-21(30-26-22)17-29-20-11-5-2-6-12-20/h1-6,8-9,11-12,19H,7,10,13-17H2,(H,24,28). The van der Waals surface area contributed by atoms with Crippen molar-refractivity contribution in [3.63, 3.8) is 0 Å². The molecule has 7 nitrogen and oxygen atoms in total. The molecule has 1 aromatic heterocycles. The molecule has 0 radical (unpaired) electrons. The molecule has 1 unspecified atom stereocenters. The maximum absolute atomic E-state index is 12.6. The number of piperidine rings is 1. The number of rotatable bonds is 7. The van der Waals surface area contributed by atoms with Gasteiger partial charge in [0.25, 0.3) is 5.89 Å². The van der Waals surface area contributed by atoms with Gasteiger partial charge in [0.15, 0.2) is 12.4 Å². The van der Waals surface area contributed by atoms with Crippen LogP contribution in [0.5, 0.6) is 5.75 Å². The Morgan fingerprint density at radius 3 is 2.70 bits per heavy atom. The summed E-state index contributed by atoms with van der Waals surface area (Å²) in [4.78, 5) is 18.9. The molecule has 1 aliphatic rings. The van der Waals surface area contributed by atoms with Crippen LogP contribution in [0.1, 0.15) is 36.0 Å². The van der Waals surface area contributed by atoms with Gasteiger partial charge in [-0.15, -0.1) is 0 Å². The number of urea groups is 1. The van der Waals surface area contributed by atoms with Crippen LogP contribution in [0.15, 0.2) is 65.2 Å². The number of para-hydroxylation sites is 1. The van der Waals surface area contributed by atoms with Crippen LogP contribution in [0.25, 0.3) is 0 Å². The first-order valence-corrected chi connectivity index (χ1v) is 10.3. The van der Waals surface area contributed by atoms with Gasteiger partial charge in [0.2, 0.25) is 0 Å². The summed E-state index contributed by atoms with van der Waals surface area (Å²) in [5.74, 6) is 1.92. The van der Waals surface area contributed by atoms with Crippen molar-refractivity contribution < 1.29 is 14.1 Å². The van der Waals surface area contributed by atoms with Gasteiger partial charge in [-0.05, 0) is 37.0 Å². The monoisotopic (exact) mass is 406 g/mol. The molecular formula is C23H26N4O3. The Hall–Kier alpha value is -3.35. The van der Waals surface area contributed by atoms with Crippen molar-refractivity contribution in [2.75, 3.05) is 19.6 Å². The lowest BCUT2D eigenvalue weighted by Crippen LogP contribution is -2.45. The summed E-state index contributed by atoms with van der Waals surface area (Å²) in [6.07, 6.45) is 2.67. The smallest absolute Gasteiger partial charge is 0.317 e. The lowest BCUT2D eigenvalue weighted by Gasteiger charge is -2.31. The van der Waals surface area contributed by atoms with E-state index >= 15 is 0 Å². The fourth-order valence-corrected chi connectivity index (χ4v) is 3.60. The first-order valence-electron chi connectivity index (χ1n) is 10.3. The third-order valence-electron chi connectivity index (χ3n) is 5.20. The second kappa shape index (κ2) is 9.91. The number of benzene rings is 2. The number of ether oxygens (including phenoxy) is 1. The summed E-state index contributed by atoms with van der Waals surface area (Å²) < 4.78 is 11.0. The van der Waals surface area contributed by atoms with E-state index in [9.17, 15) is 4.79 Å². The molecule has 0 saturated carbocycles. The number of carbonyl (C=O) groups excluding carboxylic acids is 1. The molecule has 4 rings (SSSR count). The second-order valence-electron chi connectivity index (χ2n) is 7.40. The van der Waals surface area contributed by atoms with Crippen LogP contribution in [0, 0.1) is 0 Å². The van der Waals surface area contributed by atoms with E-state index in [0.717, 1.165) is 31.6 Å². The van der Waals surface area contributed by atoms with Crippen LogP contribution >= 0.6 is 0 Å². The van der Waals surface area contributed by atoms with E-state index in [1.807, 2.05) is 53.4 Å². The lowest BCUT2D eigenvalue weighted by molar-refractivity contribution is 0.177. The zero-order valence-corrected chi connectivity index (χ0v) is 16.9. The minimum absolute atomic E-state index is 0.0354. The zero-order chi connectivity index (χ0) is 20.6. The third kappa shape index (κ3) is 5.37. The Labute approximate surface area is 176 Å². The number of carbonyl (C=O) groups is 1. The quantitative estimate of drug-likeness (QED) is 0.646. The van der Waals surface area contributed by atoms with E-state index in [0.29, 0.717) is 24.8 Å². The average molecular weight is 406 g/mol. The van der Waals surface area contributed by atoms with Crippen LogP contribution in [0.2, 0.25) is 0 Å². The molecule has 156 valence electrons. The van der Waals surface area contributed by atoms with E-state index in [1.165, 1.54) is 5.56 Å². The molecular weight excluding hydrogens is 380 g/mol. The normalized spacial score (nSPS) is 16.3. The van der Waals surface area contributed by atoms with Gasteiger partial charge in [-0.1, -0.05) is 53.7 Å². The molecule has 1 atom stereocenters. The number of nitrogens with one attached hydrogen (secondary N) is 1. The van der Waals surface area contributed by atoms with E-state index < -0.39 is 0 Å². The molecule has 1 saturated heterocycles. The molecule has 1 fully saturated rings. The molecule has 1 aliphatic heterocycles. The molecule has 3 aromatic rings. The number of aromatic nitrogens is 2. The molecule has 0 spiro atoms. The van der Waals surface area contributed by atoms with E-state index in [4.69, 9.17) is 9.26 Å². The van der Waals surface area contributed by atoms with Crippen molar-refractivity contribution in [3.8, 4) is 5.75 Å². The van der Waals surface area contributed by atoms with Gasteiger partial charge in [-0.25, -0.2) is 4.79 Å². The highest BCUT2D eigenvalue weighted by Gasteiger charge is 2.28. The maximum atomic E-state index is 12.6. The fourth-order valence-electron chi connectivity index (χ4n) is 3.60. The Balaban J connectivity index is 1.26. The van der Waals surface area contributed by atoms with Crippen molar-refractivity contribution in [2.24, 2.45) is 0 Å². The predicted molar refractivity (Wildman–Crippen MR) is 112 cm³/mol. The highest BCUT2D eigenvalue weighted by Crippen LogP contribution is 2.25. The molecule has 2 amide bonds. The van der Waals surface area contributed by atoms with Gasteiger partial charge in [0, 0.05) is 25.6 Å². The minimum Gasteiger partial charge on any atom is -0.484 e. The molecule has 0 bridgehead atoms. The highest BCUT2D eigenvalue weighted by molar-refractivity contribution is 5.74. The highest BCUT2D eigenvalue weighted by atomic mass is 16.5. The first kappa shape index (κ1) is 19.9. The largest absolute Gasteiger partial charge is 0.484 e. The zero-order valence-electron chi connectivity index (χ0n) is 16.9. The molecule has 7 heteroatoms. The summed E-state index contributed by atoms with van der Waals surface area (Å²) in [6, 6.07) is 19.6. The number of likely N-dealkylation sites (tertiary alicyclic amines) is 1. The Morgan fingerprint density at radius 1 is 1.13 bits per heavy atom. The van der Waals surface area contributed by atoms with Crippen LogP contribution in [-0.4, -0.2) is 40.7 Å². The van der Waals surface area contributed by atoms with Crippen molar-refractivity contribution in [3.05, 3.63) is 77.9 Å². The lowest BCUT2D eigenvalue weighted by atomic mass is 9.98. The summed E-state index contributed by atoms with van der Waals surface area (Å²) in [6.45, 7) is 2.19. The Morgan fingerprint density at radius 2 is 1.90 bits per heavy atom. The predicted octanol–water partition coefficient (Wildman–Crippen LogP) is 3.78. The van der Waals surface area contributed by atoms with Crippen LogP contribution < -0.4 is 10.1 Å². The average Bonchev–Trinajstić information content (AvgIpc) is 3.28. The van der Waals surface area contributed by atoms with E-state index in [2.05, 4.69) is 27.6 Å². The molecule has 2 aromatic carbocycles. The van der Waals surface area contributed by atoms with Crippen LogP contribution in [0.3, 0.4) is 0 Å². The van der Waals surface area contributed by atoms with Gasteiger partial charge in [-0.3, -0.25) is 0 Å². The first-order chi connectivity index (χ1) is 14.8. The number of nitrogens with zero attached hydrogens (tertiary/aromatic N) is 3. The molecule has 0 aliphatic carbocycles. The topological polar surface area (TPSA) is 80.5 Å². The SMILES string of the molecule is O=C(NCCc1ccccc1)N1CCCC(c2noc(COc3ccccc3)n2)C1. The summed E-state index contributed by atoms with van der Waals surface area (Å²) in [7, 11) is 0. The second-order valence-corrected chi connectivity index (χ2v) is 7.40. The Kier molecular flexibility index (Phi) is 6.59.